The zero-order valence-corrected chi connectivity index (χ0v) is 8.55. The first-order valence-electron chi connectivity index (χ1n) is 4.30. The molecular formula is C9H16N2O3. The third kappa shape index (κ3) is 5.31. The van der Waals surface area contributed by atoms with Gasteiger partial charge in [-0.1, -0.05) is 6.58 Å². The zero-order valence-electron chi connectivity index (χ0n) is 8.55. The van der Waals surface area contributed by atoms with Crippen LogP contribution in [0.1, 0.15) is 6.42 Å². The molecule has 0 heterocycles. The van der Waals surface area contributed by atoms with Crippen LogP contribution < -0.4 is 10.6 Å². The third-order valence-electron chi connectivity index (χ3n) is 1.58. The number of carbonyl (C=O) groups excluding carboxylic acids is 2. The molecule has 0 aromatic rings. The predicted octanol–water partition coefficient (Wildman–Crippen LogP) is -0.559. The second-order valence-electron chi connectivity index (χ2n) is 2.66. The minimum Gasteiger partial charge on any atom is -0.376 e. The Labute approximate surface area is 83.5 Å². The number of rotatable bonds is 6. The molecule has 5 heteroatoms. The van der Waals surface area contributed by atoms with Gasteiger partial charge in [-0.25, -0.2) is 0 Å². The van der Waals surface area contributed by atoms with Crippen LogP contribution >= 0.6 is 0 Å². The van der Waals surface area contributed by atoms with Crippen molar-refractivity contribution in [1.29, 1.82) is 0 Å². The van der Waals surface area contributed by atoms with E-state index in [2.05, 4.69) is 17.2 Å². The van der Waals surface area contributed by atoms with E-state index in [0.717, 1.165) is 0 Å². The molecule has 0 radical (unpaired) electrons. The van der Waals surface area contributed by atoms with Crippen LogP contribution in [0.2, 0.25) is 0 Å². The molecule has 0 atom stereocenters. The van der Waals surface area contributed by atoms with Crippen molar-refractivity contribution in [3.8, 4) is 0 Å². The highest BCUT2D eigenvalue weighted by Crippen LogP contribution is 1.92. The molecule has 2 amide bonds. The van der Waals surface area contributed by atoms with E-state index in [0.29, 0.717) is 5.57 Å². The number of ether oxygens (including phenoxy) is 1. The van der Waals surface area contributed by atoms with Gasteiger partial charge in [0.05, 0.1) is 13.2 Å². The van der Waals surface area contributed by atoms with Crippen LogP contribution in [0, 0.1) is 0 Å². The first-order chi connectivity index (χ1) is 6.61. The number of amides is 2. The molecule has 0 aliphatic heterocycles. The molecule has 0 saturated heterocycles. The van der Waals surface area contributed by atoms with Gasteiger partial charge in [-0.15, -0.1) is 0 Å². The molecule has 14 heavy (non-hydrogen) atoms. The van der Waals surface area contributed by atoms with Gasteiger partial charge in [-0.05, 0) is 0 Å². The van der Waals surface area contributed by atoms with Crippen molar-refractivity contribution in [1.82, 2.24) is 10.6 Å². The van der Waals surface area contributed by atoms with Gasteiger partial charge >= 0.3 is 0 Å². The minimum absolute atomic E-state index is 0.0874. The molecular weight excluding hydrogens is 184 g/mol. The van der Waals surface area contributed by atoms with Crippen LogP contribution in [0.25, 0.3) is 0 Å². The fraction of sp³-hybridized carbons (Fsp3) is 0.556. The Morgan fingerprint density at radius 3 is 2.43 bits per heavy atom. The summed E-state index contributed by atoms with van der Waals surface area (Å²) < 4.78 is 5.07. The number of carbonyl (C=O) groups is 2. The van der Waals surface area contributed by atoms with Crippen molar-refractivity contribution in [3.05, 3.63) is 12.2 Å². The van der Waals surface area contributed by atoms with Crippen molar-refractivity contribution in [2.24, 2.45) is 0 Å². The second kappa shape index (κ2) is 7.08. The molecule has 0 aromatic carbocycles. The zero-order chi connectivity index (χ0) is 11.0. The van der Waals surface area contributed by atoms with E-state index in [9.17, 15) is 9.59 Å². The van der Waals surface area contributed by atoms with E-state index in [1.807, 2.05) is 0 Å². The maximum atomic E-state index is 10.9. The highest BCUT2D eigenvalue weighted by Gasteiger charge is 2.04. The Morgan fingerprint density at radius 2 is 1.93 bits per heavy atom. The highest BCUT2D eigenvalue weighted by atomic mass is 16.5. The Kier molecular flexibility index (Phi) is 6.39. The lowest BCUT2D eigenvalue weighted by atomic mass is 10.3. The number of nitrogens with one attached hydrogen (secondary N) is 2. The van der Waals surface area contributed by atoms with Crippen molar-refractivity contribution < 1.29 is 14.3 Å². The van der Waals surface area contributed by atoms with Crippen LogP contribution in [-0.4, -0.2) is 39.1 Å². The smallest absolute Gasteiger partial charge is 0.248 e. The maximum absolute atomic E-state index is 10.9. The molecule has 0 aliphatic rings. The van der Waals surface area contributed by atoms with Gasteiger partial charge in [-0.3, -0.25) is 9.59 Å². The lowest BCUT2D eigenvalue weighted by Crippen LogP contribution is -2.23. The Hall–Kier alpha value is -1.36. The molecule has 0 fully saturated rings. The number of hydrogen-bond acceptors (Lipinski definition) is 3. The van der Waals surface area contributed by atoms with Crippen molar-refractivity contribution in [2.45, 2.75) is 6.42 Å². The van der Waals surface area contributed by atoms with Crippen molar-refractivity contribution in [3.63, 3.8) is 0 Å². The largest absolute Gasteiger partial charge is 0.376 e. The van der Waals surface area contributed by atoms with Gasteiger partial charge in [-0.2, -0.15) is 0 Å². The number of hydrogen-bond donors (Lipinski definition) is 2. The Morgan fingerprint density at radius 1 is 1.29 bits per heavy atom. The van der Waals surface area contributed by atoms with E-state index < -0.39 is 0 Å². The summed E-state index contributed by atoms with van der Waals surface area (Å²) >= 11 is 0. The first kappa shape index (κ1) is 12.6. The molecule has 0 aliphatic carbocycles. The van der Waals surface area contributed by atoms with Gasteiger partial charge in [0.1, 0.15) is 0 Å². The van der Waals surface area contributed by atoms with Gasteiger partial charge in [0.2, 0.25) is 11.8 Å². The van der Waals surface area contributed by atoms with Gasteiger partial charge in [0.25, 0.3) is 0 Å². The van der Waals surface area contributed by atoms with Gasteiger partial charge in [0.15, 0.2) is 0 Å². The molecule has 5 nitrogen and oxygen atoms in total. The van der Waals surface area contributed by atoms with E-state index in [1.165, 1.54) is 7.05 Å². The lowest BCUT2D eigenvalue weighted by molar-refractivity contribution is -0.121. The topological polar surface area (TPSA) is 67.4 Å². The highest BCUT2D eigenvalue weighted by molar-refractivity contribution is 5.92. The fourth-order valence-corrected chi connectivity index (χ4v) is 0.728. The van der Waals surface area contributed by atoms with Gasteiger partial charge < -0.3 is 15.4 Å². The third-order valence-corrected chi connectivity index (χ3v) is 1.58. The summed E-state index contributed by atoms with van der Waals surface area (Å²) in [6.07, 6.45) is 0.289. The maximum Gasteiger partial charge on any atom is 0.248 e. The minimum atomic E-state index is -0.245. The fourth-order valence-electron chi connectivity index (χ4n) is 0.728. The van der Waals surface area contributed by atoms with Crippen molar-refractivity contribution >= 4 is 11.8 Å². The van der Waals surface area contributed by atoms with Crippen molar-refractivity contribution in [2.75, 3.05) is 27.3 Å². The summed E-state index contributed by atoms with van der Waals surface area (Å²) in [6, 6.07) is 0. The molecule has 0 saturated carbocycles. The summed E-state index contributed by atoms with van der Waals surface area (Å²) in [7, 11) is 3.09. The molecule has 0 rings (SSSR count). The SMILES string of the molecule is C=C(COCCC(=O)NC)C(=O)NC. The lowest BCUT2D eigenvalue weighted by Gasteiger charge is -2.05. The molecule has 80 valence electrons. The first-order valence-corrected chi connectivity index (χ1v) is 4.30. The average molecular weight is 200 g/mol. The van der Waals surface area contributed by atoms with E-state index in [4.69, 9.17) is 4.74 Å². The van der Waals surface area contributed by atoms with Crippen LogP contribution in [0.4, 0.5) is 0 Å². The second-order valence-corrected chi connectivity index (χ2v) is 2.66. The molecule has 2 N–H and O–H groups in total. The van der Waals surface area contributed by atoms with Crippen LogP contribution in [0.15, 0.2) is 12.2 Å². The summed E-state index contributed by atoms with van der Waals surface area (Å²) in [6.45, 7) is 3.96. The van der Waals surface area contributed by atoms with Crippen LogP contribution in [0.5, 0.6) is 0 Å². The van der Waals surface area contributed by atoms with Crippen LogP contribution in [-0.2, 0) is 14.3 Å². The quantitative estimate of drug-likeness (QED) is 0.446. The summed E-state index contributed by atoms with van der Waals surface area (Å²) in [5, 5.41) is 4.89. The normalized spacial score (nSPS) is 9.29. The molecule has 0 bridgehead atoms. The molecule has 0 aromatic heterocycles. The molecule has 0 spiro atoms. The Balaban J connectivity index is 3.50. The summed E-state index contributed by atoms with van der Waals surface area (Å²) in [5.41, 5.74) is 0.351. The van der Waals surface area contributed by atoms with Gasteiger partial charge in [0, 0.05) is 26.1 Å². The summed E-state index contributed by atoms with van der Waals surface area (Å²) in [4.78, 5) is 21.7. The number of likely N-dealkylation sites (N-methyl/N-ethyl adjacent to an activating group) is 1. The Bertz CT molecular complexity index is 226. The van der Waals surface area contributed by atoms with E-state index in [-0.39, 0.29) is 31.4 Å². The summed E-state index contributed by atoms with van der Waals surface area (Å²) in [5.74, 6) is -0.333. The van der Waals surface area contributed by atoms with E-state index in [1.54, 1.807) is 7.05 Å². The standard InChI is InChI=1S/C9H16N2O3/c1-7(9(13)11-3)6-14-5-4-8(12)10-2/h1,4-6H2,2-3H3,(H,10,12)(H,11,13). The predicted molar refractivity (Wildman–Crippen MR) is 52.7 cm³/mol. The van der Waals surface area contributed by atoms with Crippen LogP contribution in [0.3, 0.4) is 0 Å². The molecule has 0 unspecified atom stereocenters. The monoisotopic (exact) mass is 200 g/mol. The average Bonchev–Trinajstić information content (AvgIpc) is 2.22. The van der Waals surface area contributed by atoms with E-state index >= 15 is 0 Å².